The maximum absolute atomic E-state index is 12.2. The maximum atomic E-state index is 12.2. The highest BCUT2D eigenvalue weighted by Crippen LogP contribution is 2.39. The van der Waals surface area contributed by atoms with Gasteiger partial charge in [-0.05, 0) is 45.9 Å². The lowest BCUT2D eigenvalue weighted by Gasteiger charge is -2.23. The summed E-state index contributed by atoms with van der Waals surface area (Å²) in [5, 5.41) is 0.793. The maximum Gasteiger partial charge on any atom is 0.350 e. The van der Waals surface area contributed by atoms with Crippen molar-refractivity contribution in [2.75, 3.05) is 18.9 Å². The molecule has 0 aliphatic heterocycles. The number of rotatable bonds is 7. The molecular weight excluding hydrogens is 394 g/mol. The van der Waals surface area contributed by atoms with Crippen molar-refractivity contribution >= 4 is 39.9 Å². The number of esters is 2. The molecule has 7 nitrogen and oxygen atoms in total. The molecule has 2 N–H and O–H groups in total. The Bertz CT molecular complexity index is 1050. The molecule has 0 saturated carbocycles. The highest BCUT2D eigenvalue weighted by atomic mass is 32.1. The van der Waals surface area contributed by atoms with Crippen LogP contribution in [-0.2, 0) is 14.3 Å². The smallest absolute Gasteiger partial charge is 0.350 e. The monoisotopic (exact) mass is 417 g/mol. The predicted octanol–water partition coefficient (Wildman–Crippen LogP) is 4.64. The summed E-state index contributed by atoms with van der Waals surface area (Å²) in [4.78, 5) is 25.2. The summed E-state index contributed by atoms with van der Waals surface area (Å²) in [6.07, 6.45) is 0. The number of carbonyl (C=O) groups is 2. The average molecular weight is 417 g/mol. The van der Waals surface area contributed by atoms with Crippen LogP contribution in [0, 0.1) is 0 Å². The van der Waals surface area contributed by atoms with Crippen molar-refractivity contribution in [1.82, 2.24) is 0 Å². The van der Waals surface area contributed by atoms with Gasteiger partial charge in [0.15, 0.2) is 16.9 Å². The molecular formula is C21H23NO6S. The Morgan fingerprint density at radius 3 is 2.55 bits per heavy atom. The van der Waals surface area contributed by atoms with Gasteiger partial charge in [0.05, 0.1) is 23.8 Å². The Morgan fingerprint density at radius 2 is 1.86 bits per heavy atom. The van der Waals surface area contributed by atoms with Gasteiger partial charge in [0.25, 0.3) is 0 Å². The van der Waals surface area contributed by atoms with Gasteiger partial charge in [-0.25, -0.2) is 9.59 Å². The summed E-state index contributed by atoms with van der Waals surface area (Å²) in [6, 6.07) is 8.92. The van der Waals surface area contributed by atoms with E-state index in [-0.39, 0.29) is 13.2 Å². The van der Waals surface area contributed by atoms with E-state index in [1.807, 2.05) is 18.2 Å². The van der Waals surface area contributed by atoms with E-state index in [1.54, 1.807) is 39.8 Å². The molecule has 8 heteroatoms. The number of hydrogen-bond acceptors (Lipinski definition) is 8. The zero-order valence-corrected chi connectivity index (χ0v) is 17.6. The summed E-state index contributed by atoms with van der Waals surface area (Å²) >= 11 is 1.20. The highest BCUT2D eigenvalue weighted by Gasteiger charge is 2.32. The second-order valence-corrected chi connectivity index (χ2v) is 7.79. The van der Waals surface area contributed by atoms with Crippen molar-refractivity contribution in [3.05, 3.63) is 35.2 Å². The molecule has 0 radical (unpaired) electrons. The minimum atomic E-state index is -1.18. The van der Waals surface area contributed by atoms with Gasteiger partial charge < -0.3 is 24.4 Å². The molecule has 0 saturated heterocycles. The van der Waals surface area contributed by atoms with Crippen molar-refractivity contribution in [1.29, 1.82) is 0 Å². The first-order chi connectivity index (χ1) is 13.8. The van der Waals surface area contributed by atoms with Crippen LogP contribution in [0.15, 0.2) is 34.7 Å². The highest BCUT2D eigenvalue weighted by molar-refractivity contribution is 7.17. The zero-order chi connectivity index (χ0) is 21.2. The number of para-hydroxylation sites is 1. The van der Waals surface area contributed by atoms with Crippen LogP contribution in [0.25, 0.3) is 21.6 Å². The summed E-state index contributed by atoms with van der Waals surface area (Å²) in [5.74, 6) is 0.0330. The lowest BCUT2D eigenvalue weighted by Crippen LogP contribution is -2.39. The van der Waals surface area contributed by atoms with E-state index in [0.29, 0.717) is 32.5 Å². The molecule has 1 aromatic carbocycles. The van der Waals surface area contributed by atoms with Gasteiger partial charge in [0.2, 0.25) is 0 Å². The fourth-order valence-corrected chi connectivity index (χ4v) is 3.67. The number of carbonyl (C=O) groups excluding carboxylic acids is 2. The lowest BCUT2D eigenvalue weighted by molar-refractivity contribution is -0.158. The van der Waals surface area contributed by atoms with E-state index < -0.39 is 17.5 Å². The summed E-state index contributed by atoms with van der Waals surface area (Å²) < 4.78 is 22.0. The Kier molecular flexibility index (Phi) is 5.83. The molecule has 0 aliphatic rings. The van der Waals surface area contributed by atoms with Crippen LogP contribution in [0.4, 0.5) is 5.69 Å². The van der Waals surface area contributed by atoms with Gasteiger partial charge >= 0.3 is 11.9 Å². The molecule has 0 bridgehead atoms. The number of nitrogens with two attached hydrogens (primary N) is 1. The van der Waals surface area contributed by atoms with Gasteiger partial charge in [-0.2, -0.15) is 0 Å². The fourth-order valence-electron chi connectivity index (χ4n) is 2.74. The number of benzene rings is 1. The van der Waals surface area contributed by atoms with Crippen LogP contribution in [0.3, 0.4) is 0 Å². The van der Waals surface area contributed by atoms with Crippen molar-refractivity contribution in [3.8, 4) is 16.4 Å². The molecule has 0 amide bonds. The van der Waals surface area contributed by atoms with E-state index in [2.05, 4.69) is 0 Å². The van der Waals surface area contributed by atoms with Crippen molar-refractivity contribution < 1.29 is 28.2 Å². The second-order valence-electron chi connectivity index (χ2n) is 6.73. The van der Waals surface area contributed by atoms with E-state index in [4.69, 9.17) is 24.4 Å². The molecule has 154 valence electrons. The first-order valence-electron chi connectivity index (χ1n) is 9.22. The molecule has 2 aromatic heterocycles. The summed E-state index contributed by atoms with van der Waals surface area (Å²) in [5.41, 5.74) is 5.62. The van der Waals surface area contributed by atoms with Crippen LogP contribution in [0.1, 0.15) is 37.4 Å². The average Bonchev–Trinajstić information content (AvgIpc) is 3.26. The van der Waals surface area contributed by atoms with Crippen LogP contribution in [0.2, 0.25) is 0 Å². The number of anilines is 1. The third kappa shape index (κ3) is 4.22. The first kappa shape index (κ1) is 20.7. The first-order valence-corrected chi connectivity index (χ1v) is 10.0. The minimum Gasteiger partial charge on any atom is -0.472 e. The molecule has 0 atom stereocenters. The Hall–Kier alpha value is -3.00. The Morgan fingerprint density at radius 1 is 1.14 bits per heavy atom. The third-order valence-corrected chi connectivity index (χ3v) is 5.25. The summed E-state index contributed by atoms with van der Waals surface area (Å²) in [7, 11) is 0. The third-order valence-electron chi connectivity index (χ3n) is 4.10. The normalized spacial score (nSPS) is 11.4. The fraction of sp³-hybridized carbons (Fsp3) is 0.333. The number of furan rings is 1. The van der Waals surface area contributed by atoms with E-state index in [9.17, 15) is 9.59 Å². The molecule has 3 aromatic rings. The Balaban J connectivity index is 1.96. The van der Waals surface area contributed by atoms with Gasteiger partial charge in [0, 0.05) is 5.39 Å². The van der Waals surface area contributed by atoms with Crippen molar-refractivity contribution in [2.45, 2.75) is 33.3 Å². The van der Waals surface area contributed by atoms with Gasteiger partial charge in [-0.15, -0.1) is 11.3 Å². The predicted molar refractivity (Wildman–Crippen MR) is 111 cm³/mol. The van der Waals surface area contributed by atoms with Crippen LogP contribution in [-0.4, -0.2) is 30.8 Å². The number of thiophene rings is 1. The van der Waals surface area contributed by atoms with Crippen LogP contribution >= 0.6 is 11.3 Å². The van der Waals surface area contributed by atoms with Crippen molar-refractivity contribution in [2.24, 2.45) is 0 Å². The quantitative estimate of drug-likeness (QED) is 0.559. The zero-order valence-electron chi connectivity index (χ0n) is 16.7. The SMILES string of the molecule is CCOC(=O)c1sc(-c2cc3cccc(OC(C)(C)C(=O)OCC)c3o2)cc1N. The van der Waals surface area contributed by atoms with Gasteiger partial charge in [0.1, 0.15) is 10.6 Å². The van der Waals surface area contributed by atoms with Crippen LogP contribution in [0.5, 0.6) is 5.75 Å². The Labute approximate surface area is 172 Å². The largest absolute Gasteiger partial charge is 0.472 e. The molecule has 29 heavy (non-hydrogen) atoms. The summed E-state index contributed by atoms with van der Waals surface area (Å²) in [6.45, 7) is 7.29. The van der Waals surface area contributed by atoms with Crippen LogP contribution < -0.4 is 10.5 Å². The topological polar surface area (TPSA) is 101 Å². The minimum absolute atomic E-state index is 0.267. The molecule has 0 unspecified atom stereocenters. The lowest BCUT2D eigenvalue weighted by atomic mass is 10.1. The second kappa shape index (κ2) is 8.16. The molecule has 0 spiro atoms. The van der Waals surface area contributed by atoms with E-state index in [1.165, 1.54) is 11.3 Å². The molecule has 0 aliphatic carbocycles. The van der Waals surface area contributed by atoms with E-state index in [0.717, 1.165) is 5.39 Å². The number of fused-ring (bicyclic) bond motifs is 1. The molecule has 3 rings (SSSR count). The number of ether oxygens (including phenoxy) is 3. The van der Waals surface area contributed by atoms with Gasteiger partial charge in [-0.3, -0.25) is 0 Å². The number of hydrogen-bond donors (Lipinski definition) is 1. The molecule has 2 heterocycles. The molecule has 0 fully saturated rings. The van der Waals surface area contributed by atoms with E-state index >= 15 is 0 Å². The standard InChI is InChI=1S/C21H23NO6S/c1-5-25-19(23)18-13(22)11-16(29-18)15-10-12-8-7-9-14(17(12)27-15)28-21(3,4)20(24)26-6-2/h7-11H,5-6,22H2,1-4H3. The number of nitrogen functional groups attached to an aromatic ring is 1. The van der Waals surface area contributed by atoms with Crippen molar-refractivity contribution in [3.63, 3.8) is 0 Å². The van der Waals surface area contributed by atoms with Gasteiger partial charge in [-0.1, -0.05) is 12.1 Å².